The normalized spacial score (nSPS) is 14.1. The van der Waals surface area contributed by atoms with Gasteiger partial charge in [0.25, 0.3) is 0 Å². The third-order valence-electron chi connectivity index (χ3n) is 12.9. The summed E-state index contributed by atoms with van der Waals surface area (Å²) in [4.78, 5) is 12.0. The Morgan fingerprint density at radius 3 is 0.622 bits per heavy atom. The number of carboxylic acid groups (broad SMARTS) is 1. The van der Waals surface area contributed by atoms with Gasteiger partial charge in [0.05, 0.1) is 30.3 Å². The predicted molar refractivity (Wildman–Crippen MR) is 265 cm³/mol. The maximum atomic E-state index is 12.0. The number of aliphatic carboxylic acids is 1. The van der Waals surface area contributed by atoms with Gasteiger partial charge in [0, 0.05) is 0 Å². The van der Waals surface area contributed by atoms with Crippen LogP contribution in [-0.4, -0.2) is 87.4 Å². The largest absolute Gasteiger partial charge is 1.00 e. The molecule has 0 aromatic carbocycles. The number of hydrogen-bond donors (Lipinski definition) is 1. The summed E-state index contributed by atoms with van der Waals surface area (Å²) in [6, 6.07) is 0. The number of rotatable bonds is 53. The zero-order chi connectivity index (χ0) is 52.6. The van der Waals surface area contributed by atoms with E-state index in [1.807, 2.05) is 0 Å². The Hall–Kier alpha value is 2.95. The molecular formula is C48H92Na4O18S4. The molecule has 1 N–H and O–H groups in total. The molecule has 0 bridgehead atoms. The molecule has 0 aromatic rings. The molecule has 0 aromatic heterocycles. The third kappa shape index (κ3) is 62.5. The second-order valence-electron chi connectivity index (χ2n) is 19.3. The molecule has 26 heteroatoms. The van der Waals surface area contributed by atoms with E-state index in [-0.39, 0.29) is 118 Å². The SMILES string of the molecule is CCCCCCC(CCCCCCCCCC(CCCCCCCC(CCCCCC(CCCCCCCCCC(CCCCCC)OS(=O)(=O)[O-])OS(=O)(=O)[O-])C(=O)O)OS(=O)(=O)[O-])OS(=O)(=O)[O-].[Na+].[Na+].[Na+].[Na+]. The fraction of sp³-hybridized carbons (Fsp3) is 0.979. The predicted octanol–water partition coefficient (Wildman–Crippen LogP) is -0.271. The average Bonchev–Trinajstić information content (AvgIpc) is 3.24. The van der Waals surface area contributed by atoms with Crippen LogP contribution in [0, 0.1) is 5.92 Å². The standard InChI is InChI=1S/C48H96O18S4.4Na/c1-3-5-7-25-35-44(63-67(51,52)53)37-27-17-11-9-13-19-29-39-46(65-69(57,58)59)41-31-21-15-16-23-33-43(48(49)50)34-24-22-32-42-47(66-70(60,61)62)40-30-20-14-10-12-18-28-38-45(64-68(54,55)56)36-26-8-6-4-2;;;;/h43-47H,3-42H2,1-2H3,(H,49,50)(H,51,52,53)(H,54,55,56)(H,57,58,59)(H,60,61,62);;;;/q;4*+1/p-4. The van der Waals surface area contributed by atoms with E-state index in [1.165, 1.54) is 0 Å². The van der Waals surface area contributed by atoms with E-state index >= 15 is 0 Å². The Balaban J connectivity index is -0.00000397. The van der Waals surface area contributed by atoms with Crippen LogP contribution in [0.5, 0.6) is 0 Å². The van der Waals surface area contributed by atoms with Gasteiger partial charge in [0.1, 0.15) is 0 Å². The Morgan fingerprint density at radius 1 is 0.311 bits per heavy atom. The van der Waals surface area contributed by atoms with Crippen LogP contribution < -0.4 is 118 Å². The zero-order valence-electron chi connectivity index (χ0n) is 46.7. The van der Waals surface area contributed by atoms with Crippen LogP contribution in [-0.2, 0) is 63.1 Å². The molecule has 0 amide bonds. The minimum Gasteiger partial charge on any atom is -0.726 e. The minimum absolute atomic E-state index is 0. The second-order valence-corrected chi connectivity index (χ2v) is 23.4. The van der Waals surface area contributed by atoms with E-state index in [4.69, 9.17) is 16.7 Å². The van der Waals surface area contributed by atoms with E-state index in [0.29, 0.717) is 109 Å². The molecule has 0 aliphatic carbocycles. The first kappa shape index (κ1) is 85.7. The monoisotopic (exact) mass is 1180 g/mol. The summed E-state index contributed by atoms with van der Waals surface area (Å²) in [6.07, 6.45) is 27.4. The molecule has 0 fully saturated rings. The van der Waals surface area contributed by atoms with Gasteiger partial charge in [-0.05, 0) is 64.2 Å². The van der Waals surface area contributed by atoms with E-state index in [2.05, 4.69) is 13.8 Å². The molecule has 0 saturated heterocycles. The quantitative estimate of drug-likeness (QED) is 0.0355. The van der Waals surface area contributed by atoms with E-state index in [9.17, 15) is 61.8 Å². The van der Waals surface area contributed by atoms with Crippen molar-refractivity contribution in [2.75, 3.05) is 0 Å². The molecule has 0 saturated carbocycles. The van der Waals surface area contributed by atoms with Crippen molar-refractivity contribution in [3.63, 3.8) is 0 Å². The van der Waals surface area contributed by atoms with Gasteiger partial charge in [0.15, 0.2) is 0 Å². The van der Waals surface area contributed by atoms with Gasteiger partial charge in [-0.2, -0.15) is 0 Å². The average molecular weight is 1180 g/mol. The summed E-state index contributed by atoms with van der Waals surface area (Å²) in [7, 11) is -19.2. The van der Waals surface area contributed by atoms with E-state index < -0.39 is 77.9 Å². The van der Waals surface area contributed by atoms with Crippen LogP contribution in [0.2, 0.25) is 0 Å². The second kappa shape index (κ2) is 53.9. The van der Waals surface area contributed by atoms with Crippen LogP contribution in [0.15, 0.2) is 0 Å². The van der Waals surface area contributed by atoms with Crippen LogP contribution in [0.4, 0.5) is 0 Å². The molecule has 0 aliphatic rings. The van der Waals surface area contributed by atoms with Gasteiger partial charge in [-0.25, -0.2) is 33.7 Å². The first-order valence-electron chi connectivity index (χ1n) is 26.8. The molecule has 0 aliphatic heterocycles. The summed E-state index contributed by atoms with van der Waals surface area (Å²) in [6.45, 7) is 4.17. The molecule has 0 rings (SSSR count). The van der Waals surface area contributed by atoms with Gasteiger partial charge in [0.2, 0.25) is 41.6 Å². The Morgan fingerprint density at radius 2 is 0.459 bits per heavy atom. The molecule has 420 valence electrons. The van der Waals surface area contributed by atoms with Crippen LogP contribution in [0.3, 0.4) is 0 Å². The van der Waals surface area contributed by atoms with E-state index in [0.717, 1.165) is 148 Å². The molecule has 5 unspecified atom stereocenters. The molecule has 18 nitrogen and oxygen atoms in total. The van der Waals surface area contributed by atoms with Crippen molar-refractivity contribution in [1.82, 2.24) is 0 Å². The topological polar surface area (TPSA) is 303 Å². The van der Waals surface area contributed by atoms with Crippen LogP contribution in [0.25, 0.3) is 0 Å². The molecular weight excluding hydrogens is 1080 g/mol. The third-order valence-corrected chi connectivity index (χ3v) is 14.9. The Labute approximate surface area is 538 Å². The minimum atomic E-state index is -4.88. The summed E-state index contributed by atoms with van der Waals surface area (Å²) in [5.74, 6) is -1.39. The van der Waals surface area contributed by atoms with Crippen molar-refractivity contribution in [3.8, 4) is 0 Å². The van der Waals surface area contributed by atoms with Crippen molar-refractivity contribution in [3.05, 3.63) is 0 Å². The summed E-state index contributed by atoms with van der Waals surface area (Å²) < 4.78 is 154. The van der Waals surface area contributed by atoms with Crippen molar-refractivity contribution < 1.29 is 197 Å². The smallest absolute Gasteiger partial charge is 0.726 e. The van der Waals surface area contributed by atoms with Crippen molar-refractivity contribution in [2.24, 2.45) is 5.92 Å². The zero-order valence-corrected chi connectivity index (χ0v) is 58.0. The number of carbonyl (C=O) groups is 1. The van der Waals surface area contributed by atoms with Crippen LogP contribution >= 0.6 is 0 Å². The van der Waals surface area contributed by atoms with Crippen molar-refractivity contribution >= 4 is 47.6 Å². The summed E-state index contributed by atoms with van der Waals surface area (Å²) in [5, 5.41) is 9.81. The summed E-state index contributed by atoms with van der Waals surface area (Å²) >= 11 is 0. The first-order chi connectivity index (χ1) is 33.0. The number of carboxylic acids is 1. The van der Waals surface area contributed by atoms with Gasteiger partial charge >= 0.3 is 124 Å². The molecule has 0 radical (unpaired) electrons. The van der Waals surface area contributed by atoms with Gasteiger partial charge in [-0.15, -0.1) is 0 Å². The Kier molecular flexibility index (Phi) is 62.5. The first-order valence-corrected chi connectivity index (χ1v) is 32.2. The molecule has 74 heavy (non-hydrogen) atoms. The number of hydrogen-bond acceptors (Lipinski definition) is 17. The van der Waals surface area contributed by atoms with Crippen molar-refractivity contribution in [1.29, 1.82) is 0 Å². The van der Waals surface area contributed by atoms with E-state index in [1.54, 1.807) is 0 Å². The van der Waals surface area contributed by atoms with Crippen LogP contribution in [0.1, 0.15) is 271 Å². The number of unbranched alkanes of at least 4 members (excludes halogenated alkanes) is 24. The molecule has 0 spiro atoms. The Bertz CT molecular complexity index is 1730. The van der Waals surface area contributed by atoms with Gasteiger partial charge in [-0.3, -0.25) is 21.5 Å². The van der Waals surface area contributed by atoms with Crippen molar-refractivity contribution in [2.45, 2.75) is 295 Å². The maximum absolute atomic E-state index is 12.0. The van der Waals surface area contributed by atoms with Gasteiger partial charge in [-0.1, -0.05) is 206 Å². The van der Waals surface area contributed by atoms with Gasteiger partial charge < -0.3 is 23.3 Å². The summed E-state index contributed by atoms with van der Waals surface area (Å²) in [5.41, 5.74) is 0. The molecule has 5 atom stereocenters. The fourth-order valence-electron chi connectivity index (χ4n) is 9.11. The fourth-order valence-corrected chi connectivity index (χ4v) is 11.2. The molecule has 0 heterocycles. The maximum Gasteiger partial charge on any atom is 1.00 e.